The normalized spacial score (nSPS) is 10.9. The number of amides is 2. The van der Waals surface area contributed by atoms with Crippen molar-refractivity contribution in [2.24, 2.45) is 0 Å². The second-order valence-electron chi connectivity index (χ2n) is 8.48. The molecule has 11 nitrogen and oxygen atoms in total. The number of benzene rings is 2. The summed E-state index contributed by atoms with van der Waals surface area (Å²) in [6.07, 6.45) is 2.13. The smallest absolute Gasteiger partial charge is 0.411 e. The van der Waals surface area contributed by atoms with Crippen molar-refractivity contribution in [1.82, 2.24) is 25.3 Å². The van der Waals surface area contributed by atoms with Crippen LogP contribution in [0.2, 0.25) is 0 Å². The Kier molecular flexibility index (Phi) is 7.64. The Morgan fingerprint density at radius 1 is 1.02 bits per heavy atom. The van der Waals surface area contributed by atoms with Gasteiger partial charge in [0, 0.05) is 24.7 Å². The molecule has 0 fully saturated rings. The summed E-state index contributed by atoms with van der Waals surface area (Å²) in [4.78, 5) is 41.1. The van der Waals surface area contributed by atoms with Crippen LogP contribution in [0.15, 0.2) is 48.8 Å². The molecule has 0 aliphatic rings. The van der Waals surface area contributed by atoms with Crippen molar-refractivity contribution in [3.8, 4) is 22.2 Å². The molecule has 2 amide bonds. The van der Waals surface area contributed by atoms with E-state index >= 15 is 0 Å². The van der Waals surface area contributed by atoms with Gasteiger partial charge < -0.3 is 19.5 Å². The van der Waals surface area contributed by atoms with Gasteiger partial charge in [-0.3, -0.25) is 10.1 Å². The monoisotopic (exact) mass is 562 g/mol. The fourth-order valence-electron chi connectivity index (χ4n) is 3.83. The van der Waals surface area contributed by atoms with Gasteiger partial charge in [-0.05, 0) is 36.8 Å². The number of nitrogens with zero attached hydrogens (tertiary/aromatic N) is 4. The first-order valence-corrected chi connectivity index (χ1v) is 12.8. The summed E-state index contributed by atoms with van der Waals surface area (Å²) in [5.41, 5.74) is 4.13. The van der Waals surface area contributed by atoms with E-state index in [0.717, 1.165) is 11.1 Å². The zero-order valence-electron chi connectivity index (χ0n) is 21.6. The van der Waals surface area contributed by atoms with Gasteiger partial charge in [-0.15, -0.1) is 11.3 Å². The first-order chi connectivity index (χ1) is 19.3. The molecule has 204 valence electrons. The molecule has 0 radical (unpaired) electrons. The lowest BCUT2D eigenvalue weighted by molar-refractivity contribution is 0.0958. The third-order valence-electron chi connectivity index (χ3n) is 5.69. The van der Waals surface area contributed by atoms with E-state index in [2.05, 4.69) is 30.6 Å². The minimum Gasteiger partial charge on any atom is -0.487 e. The zero-order chi connectivity index (χ0) is 28.2. The van der Waals surface area contributed by atoms with Gasteiger partial charge in [-0.2, -0.15) is 0 Å². The van der Waals surface area contributed by atoms with E-state index in [-0.39, 0.29) is 30.6 Å². The fourth-order valence-corrected chi connectivity index (χ4v) is 4.83. The molecule has 0 spiro atoms. The van der Waals surface area contributed by atoms with E-state index in [0.29, 0.717) is 37.8 Å². The van der Waals surface area contributed by atoms with Crippen LogP contribution in [-0.2, 0) is 4.74 Å². The predicted octanol–water partition coefficient (Wildman–Crippen LogP) is 4.74. The Labute approximate surface area is 231 Å². The molecule has 40 heavy (non-hydrogen) atoms. The maximum absolute atomic E-state index is 14.8. The van der Waals surface area contributed by atoms with Crippen molar-refractivity contribution in [1.29, 1.82) is 0 Å². The van der Waals surface area contributed by atoms with Gasteiger partial charge in [-0.1, -0.05) is 0 Å². The number of rotatable bonds is 8. The third-order valence-corrected chi connectivity index (χ3v) is 6.75. The topological polar surface area (TPSA) is 137 Å². The molecular formula is C27H23FN6O5S. The molecule has 0 saturated heterocycles. The minimum absolute atomic E-state index is 0.0133. The number of aryl methyl sites for hydroxylation is 1. The van der Waals surface area contributed by atoms with Crippen LogP contribution < -0.4 is 20.1 Å². The first kappa shape index (κ1) is 26.7. The molecule has 3 heterocycles. The van der Waals surface area contributed by atoms with Gasteiger partial charge >= 0.3 is 6.09 Å². The number of fused-ring (bicyclic) bond motifs is 2. The number of nitrogens with one attached hydrogen (secondary N) is 2. The number of carbonyl (C=O) groups is 2. The van der Waals surface area contributed by atoms with E-state index in [9.17, 15) is 14.0 Å². The van der Waals surface area contributed by atoms with Gasteiger partial charge in [-0.25, -0.2) is 29.1 Å². The number of halogens is 1. The molecule has 5 rings (SSSR count). The van der Waals surface area contributed by atoms with Crippen LogP contribution in [-0.4, -0.2) is 59.3 Å². The summed E-state index contributed by atoms with van der Waals surface area (Å²) >= 11 is 1.37. The SMILES string of the molecule is CNC(=O)c1ccc(NC(=O)OCCOc2cc3sc(-c4cc(C)cc5nc(OC)cnc45)nc3cc2F)cn1. The number of thiazole rings is 1. The fraction of sp³-hybridized carbons (Fsp3) is 0.185. The lowest BCUT2D eigenvalue weighted by Crippen LogP contribution is -2.20. The molecule has 0 aliphatic heterocycles. The van der Waals surface area contributed by atoms with Crippen LogP contribution in [0.25, 0.3) is 31.8 Å². The standard InChI is InChI=1S/C27H23FN6O5S/c1-14-8-16(24-20(9-14)33-23(37-3)13-31-24)26-34-19-10-17(28)21(11-22(19)40-26)38-6-7-39-27(36)32-15-4-5-18(30-12-15)25(35)29-2/h4-5,8-13H,6-7H2,1-3H3,(H,29,35)(H,32,36). The number of hydrogen-bond acceptors (Lipinski definition) is 10. The Morgan fingerprint density at radius 3 is 2.62 bits per heavy atom. The Balaban J connectivity index is 1.24. The Hall–Kier alpha value is -4.91. The minimum atomic E-state index is -0.743. The number of aromatic nitrogens is 4. The molecule has 3 aromatic heterocycles. The van der Waals surface area contributed by atoms with Crippen LogP contribution >= 0.6 is 11.3 Å². The maximum atomic E-state index is 14.8. The largest absolute Gasteiger partial charge is 0.487 e. The van der Waals surface area contributed by atoms with Crippen molar-refractivity contribution in [3.63, 3.8) is 0 Å². The van der Waals surface area contributed by atoms with Crippen LogP contribution in [0.1, 0.15) is 16.1 Å². The third kappa shape index (κ3) is 5.73. The van der Waals surface area contributed by atoms with E-state index in [4.69, 9.17) is 14.2 Å². The summed E-state index contributed by atoms with van der Waals surface area (Å²) < 4.78 is 31.3. The summed E-state index contributed by atoms with van der Waals surface area (Å²) in [6, 6.07) is 9.73. The van der Waals surface area contributed by atoms with Crippen LogP contribution in [0, 0.1) is 12.7 Å². The van der Waals surface area contributed by atoms with Crippen molar-refractivity contribution in [2.75, 3.05) is 32.7 Å². The van der Waals surface area contributed by atoms with Crippen LogP contribution in [0.5, 0.6) is 11.6 Å². The van der Waals surface area contributed by atoms with Crippen molar-refractivity contribution in [3.05, 3.63) is 65.9 Å². The van der Waals surface area contributed by atoms with Crippen LogP contribution in [0.4, 0.5) is 14.9 Å². The molecular weight excluding hydrogens is 539 g/mol. The van der Waals surface area contributed by atoms with Gasteiger partial charge in [0.25, 0.3) is 5.91 Å². The Morgan fingerprint density at radius 2 is 1.88 bits per heavy atom. The quantitative estimate of drug-likeness (QED) is 0.257. The maximum Gasteiger partial charge on any atom is 0.411 e. The van der Waals surface area contributed by atoms with Gasteiger partial charge in [0.2, 0.25) is 5.88 Å². The highest BCUT2D eigenvalue weighted by atomic mass is 32.1. The summed E-state index contributed by atoms with van der Waals surface area (Å²) in [5, 5.41) is 5.62. The van der Waals surface area contributed by atoms with E-state index < -0.39 is 11.9 Å². The number of pyridine rings is 1. The average Bonchev–Trinajstić information content (AvgIpc) is 3.36. The molecule has 13 heteroatoms. The molecule has 0 bridgehead atoms. The number of anilines is 1. The highest BCUT2D eigenvalue weighted by Crippen LogP contribution is 2.37. The molecule has 5 aromatic rings. The number of methoxy groups -OCH3 is 1. The van der Waals surface area contributed by atoms with E-state index in [1.165, 1.54) is 49.9 Å². The lowest BCUT2D eigenvalue weighted by atomic mass is 10.1. The van der Waals surface area contributed by atoms with Crippen molar-refractivity contribution >= 4 is 50.3 Å². The van der Waals surface area contributed by atoms with Crippen molar-refractivity contribution in [2.45, 2.75) is 6.92 Å². The lowest BCUT2D eigenvalue weighted by Gasteiger charge is -2.09. The number of hydrogen-bond donors (Lipinski definition) is 2. The van der Waals surface area contributed by atoms with E-state index in [1.807, 2.05) is 19.1 Å². The van der Waals surface area contributed by atoms with Gasteiger partial charge in [0.1, 0.15) is 23.9 Å². The summed E-state index contributed by atoms with van der Waals surface area (Å²) in [6.45, 7) is 1.75. The van der Waals surface area contributed by atoms with Gasteiger partial charge in [0.15, 0.2) is 11.6 Å². The summed E-state index contributed by atoms with van der Waals surface area (Å²) in [7, 11) is 3.03. The Bertz CT molecular complexity index is 1730. The van der Waals surface area contributed by atoms with Gasteiger partial charge in [0.05, 0.1) is 46.4 Å². The second-order valence-corrected chi connectivity index (χ2v) is 9.51. The number of carbonyl (C=O) groups excluding carboxylic acids is 2. The molecule has 0 unspecified atom stereocenters. The number of ether oxygens (including phenoxy) is 3. The molecule has 2 aromatic carbocycles. The second kappa shape index (κ2) is 11.5. The summed E-state index contributed by atoms with van der Waals surface area (Å²) in [5.74, 6) is -0.508. The van der Waals surface area contributed by atoms with Crippen LogP contribution in [0.3, 0.4) is 0 Å². The molecule has 2 N–H and O–H groups in total. The molecule has 0 saturated carbocycles. The average molecular weight is 563 g/mol. The van der Waals surface area contributed by atoms with Crippen molar-refractivity contribution < 1.29 is 28.2 Å². The first-order valence-electron chi connectivity index (χ1n) is 12.0. The highest BCUT2D eigenvalue weighted by molar-refractivity contribution is 7.21. The molecule has 0 atom stereocenters. The predicted molar refractivity (Wildman–Crippen MR) is 147 cm³/mol. The highest BCUT2D eigenvalue weighted by Gasteiger charge is 2.16. The van der Waals surface area contributed by atoms with E-state index in [1.54, 1.807) is 12.3 Å². The zero-order valence-corrected chi connectivity index (χ0v) is 22.5. The molecule has 0 aliphatic carbocycles.